The number of nitrogens with zero attached hydrogens (tertiary/aromatic N) is 4. The van der Waals surface area contributed by atoms with Crippen LogP contribution >= 0.6 is 0 Å². The van der Waals surface area contributed by atoms with Crippen LogP contribution < -0.4 is 0 Å². The van der Waals surface area contributed by atoms with Crippen LogP contribution in [0.25, 0.3) is 11.5 Å². The molecule has 1 N–H and O–H groups in total. The third-order valence-electron chi connectivity index (χ3n) is 5.13. The number of nitrogens with one attached hydrogen (secondary N) is 1. The molecule has 0 unspecified atom stereocenters. The van der Waals surface area contributed by atoms with Crippen molar-refractivity contribution in [3.05, 3.63) is 47.9 Å². The topological polar surface area (TPSA) is 80.0 Å². The molecule has 0 aliphatic carbocycles. The number of amides is 1. The van der Waals surface area contributed by atoms with Crippen LogP contribution in [-0.2, 0) is 0 Å². The summed E-state index contributed by atoms with van der Waals surface area (Å²) in [5, 5.41) is 7.12. The van der Waals surface area contributed by atoms with E-state index in [-0.39, 0.29) is 11.8 Å². The van der Waals surface area contributed by atoms with Gasteiger partial charge in [-0.1, -0.05) is 0 Å². The molecular formula is C20H25N5O2. The molecule has 1 amide bonds. The third kappa shape index (κ3) is 3.41. The Labute approximate surface area is 158 Å². The maximum absolute atomic E-state index is 13.0. The Morgan fingerprint density at radius 3 is 2.96 bits per heavy atom. The molecule has 27 heavy (non-hydrogen) atoms. The van der Waals surface area contributed by atoms with E-state index in [0.717, 1.165) is 36.7 Å². The first-order valence-electron chi connectivity index (χ1n) is 9.47. The number of aromatic nitrogens is 4. The van der Waals surface area contributed by atoms with E-state index in [1.165, 1.54) is 0 Å². The van der Waals surface area contributed by atoms with Gasteiger partial charge in [-0.15, -0.1) is 0 Å². The summed E-state index contributed by atoms with van der Waals surface area (Å²) in [5.74, 6) is 2.79. The zero-order valence-electron chi connectivity index (χ0n) is 16.0. The number of imidazole rings is 1. The molecule has 3 aromatic rings. The van der Waals surface area contributed by atoms with Crippen LogP contribution in [0.15, 0.2) is 35.0 Å². The summed E-state index contributed by atoms with van der Waals surface area (Å²) in [7, 11) is 0. The van der Waals surface area contributed by atoms with Crippen molar-refractivity contribution < 1.29 is 9.21 Å². The highest BCUT2D eigenvalue weighted by atomic mass is 16.3. The highest BCUT2D eigenvalue weighted by Gasteiger charge is 2.29. The number of carbonyl (C=O) groups excluding carboxylic acids is 1. The summed E-state index contributed by atoms with van der Waals surface area (Å²) in [6.07, 6.45) is 5.88. The van der Waals surface area contributed by atoms with Gasteiger partial charge in [0.1, 0.15) is 17.3 Å². The van der Waals surface area contributed by atoms with E-state index in [4.69, 9.17) is 4.42 Å². The van der Waals surface area contributed by atoms with Crippen LogP contribution in [0.3, 0.4) is 0 Å². The van der Waals surface area contributed by atoms with E-state index in [2.05, 4.69) is 33.6 Å². The normalized spacial score (nSPS) is 17.6. The smallest absolute Gasteiger partial charge is 0.274 e. The summed E-state index contributed by atoms with van der Waals surface area (Å²) in [6, 6.07) is 5.89. The molecule has 0 aromatic carbocycles. The molecule has 1 fully saturated rings. The number of piperidine rings is 1. The Balaban J connectivity index is 1.50. The van der Waals surface area contributed by atoms with Crippen molar-refractivity contribution in [2.45, 2.75) is 45.6 Å². The minimum Gasteiger partial charge on any atom is -0.460 e. The van der Waals surface area contributed by atoms with Crippen LogP contribution in [0.1, 0.15) is 60.7 Å². The second-order valence-corrected chi connectivity index (χ2v) is 7.45. The standard InChI is InChI=1S/C20H25N5O2/c1-13(2)25-10-8-21-19(25)15-5-4-9-24(12-15)20(26)17-11-16(22-23-17)18-7-6-14(3)27-18/h6-8,10-11,13,15H,4-5,9,12H2,1-3H3,(H,22,23)/t15-/m1/s1. The SMILES string of the molecule is Cc1ccc(-c2cc(C(=O)N3CCC[C@@H](c4nccn4C(C)C)C3)n[nH]2)o1. The summed E-state index contributed by atoms with van der Waals surface area (Å²) in [6.45, 7) is 7.61. The molecule has 0 spiro atoms. The monoisotopic (exact) mass is 367 g/mol. The van der Waals surface area contributed by atoms with Crippen molar-refractivity contribution in [3.8, 4) is 11.5 Å². The van der Waals surface area contributed by atoms with E-state index >= 15 is 0 Å². The van der Waals surface area contributed by atoms with Gasteiger partial charge in [-0.05, 0) is 45.7 Å². The molecule has 0 saturated carbocycles. The lowest BCUT2D eigenvalue weighted by atomic mass is 9.96. The van der Waals surface area contributed by atoms with Crippen LogP contribution in [0.5, 0.6) is 0 Å². The van der Waals surface area contributed by atoms with Crippen molar-refractivity contribution >= 4 is 5.91 Å². The van der Waals surface area contributed by atoms with E-state index in [1.807, 2.05) is 36.4 Å². The van der Waals surface area contributed by atoms with Crippen molar-refractivity contribution in [2.24, 2.45) is 0 Å². The molecule has 3 aromatic heterocycles. The first-order chi connectivity index (χ1) is 13.0. The number of aromatic amines is 1. The number of carbonyl (C=O) groups is 1. The molecule has 7 heteroatoms. The van der Waals surface area contributed by atoms with Gasteiger partial charge in [-0.25, -0.2) is 4.98 Å². The highest BCUT2D eigenvalue weighted by molar-refractivity contribution is 5.93. The molecule has 7 nitrogen and oxygen atoms in total. The fourth-order valence-corrected chi connectivity index (χ4v) is 3.75. The molecule has 4 heterocycles. The molecule has 1 aliphatic heterocycles. The Kier molecular flexibility index (Phi) is 4.59. The minimum atomic E-state index is -0.0480. The van der Waals surface area contributed by atoms with Crippen LogP contribution in [-0.4, -0.2) is 43.6 Å². The maximum atomic E-state index is 13.0. The number of furan rings is 1. The van der Waals surface area contributed by atoms with Gasteiger partial charge in [0.25, 0.3) is 5.91 Å². The number of likely N-dealkylation sites (tertiary alicyclic amines) is 1. The Morgan fingerprint density at radius 2 is 2.22 bits per heavy atom. The van der Waals surface area contributed by atoms with Crippen molar-refractivity contribution in [3.63, 3.8) is 0 Å². The van der Waals surface area contributed by atoms with Gasteiger partial charge in [-0.2, -0.15) is 5.10 Å². The first-order valence-corrected chi connectivity index (χ1v) is 9.47. The fourth-order valence-electron chi connectivity index (χ4n) is 3.75. The van der Waals surface area contributed by atoms with Gasteiger partial charge in [0.15, 0.2) is 11.5 Å². The Hall–Kier alpha value is -2.83. The summed E-state index contributed by atoms with van der Waals surface area (Å²) in [4.78, 5) is 19.4. The van der Waals surface area contributed by atoms with Gasteiger partial charge < -0.3 is 13.9 Å². The quantitative estimate of drug-likeness (QED) is 0.761. The summed E-state index contributed by atoms with van der Waals surface area (Å²) >= 11 is 0. The lowest BCUT2D eigenvalue weighted by Gasteiger charge is -2.32. The average molecular weight is 367 g/mol. The predicted octanol–water partition coefficient (Wildman–Crippen LogP) is 3.78. The molecule has 4 rings (SSSR count). The van der Waals surface area contributed by atoms with Crippen LogP contribution in [0.2, 0.25) is 0 Å². The van der Waals surface area contributed by atoms with Gasteiger partial charge in [0.2, 0.25) is 0 Å². The Morgan fingerprint density at radius 1 is 1.37 bits per heavy atom. The number of aryl methyl sites for hydroxylation is 1. The van der Waals surface area contributed by atoms with Gasteiger partial charge in [0.05, 0.1) is 0 Å². The molecule has 142 valence electrons. The second-order valence-electron chi connectivity index (χ2n) is 7.45. The largest absolute Gasteiger partial charge is 0.460 e. The van der Waals surface area contributed by atoms with Crippen molar-refractivity contribution in [1.82, 2.24) is 24.6 Å². The van der Waals surface area contributed by atoms with Crippen LogP contribution in [0.4, 0.5) is 0 Å². The van der Waals surface area contributed by atoms with E-state index in [9.17, 15) is 4.79 Å². The van der Waals surface area contributed by atoms with Crippen molar-refractivity contribution in [1.29, 1.82) is 0 Å². The van der Waals surface area contributed by atoms with Crippen molar-refractivity contribution in [2.75, 3.05) is 13.1 Å². The number of H-pyrrole nitrogens is 1. The zero-order valence-corrected chi connectivity index (χ0v) is 16.0. The number of hydrogen-bond donors (Lipinski definition) is 1. The lowest BCUT2D eigenvalue weighted by molar-refractivity contribution is 0.0697. The number of hydrogen-bond acceptors (Lipinski definition) is 4. The number of rotatable bonds is 4. The van der Waals surface area contributed by atoms with E-state index in [1.54, 1.807) is 6.07 Å². The molecule has 1 aliphatic rings. The Bertz CT molecular complexity index is 936. The first kappa shape index (κ1) is 17.6. The molecule has 1 atom stereocenters. The average Bonchev–Trinajstić information content (AvgIpc) is 3.40. The maximum Gasteiger partial charge on any atom is 0.274 e. The lowest BCUT2D eigenvalue weighted by Crippen LogP contribution is -2.40. The summed E-state index contributed by atoms with van der Waals surface area (Å²) in [5.41, 5.74) is 1.14. The van der Waals surface area contributed by atoms with E-state index in [0.29, 0.717) is 24.0 Å². The highest BCUT2D eigenvalue weighted by Crippen LogP contribution is 2.28. The minimum absolute atomic E-state index is 0.0480. The van der Waals surface area contributed by atoms with Gasteiger partial charge >= 0.3 is 0 Å². The summed E-state index contributed by atoms with van der Waals surface area (Å²) < 4.78 is 7.80. The van der Waals surface area contributed by atoms with Crippen LogP contribution in [0, 0.1) is 6.92 Å². The van der Waals surface area contributed by atoms with Gasteiger partial charge in [-0.3, -0.25) is 9.89 Å². The third-order valence-corrected chi connectivity index (χ3v) is 5.13. The second kappa shape index (κ2) is 7.06. The zero-order chi connectivity index (χ0) is 19.0. The molecular weight excluding hydrogens is 342 g/mol. The van der Waals surface area contributed by atoms with Gasteiger partial charge in [0, 0.05) is 43.5 Å². The molecule has 0 bridgehead atoms. The molecule has 1 saturated heterocycles. The van der Waals surface area contributed by atoms with E-state index < -0.39 is 0 Å². The molecule has 0 radical (unpaired) electrons. The fraction of sp³-hybridized carbons (Fsp3) is 0.450. The predicted molar refractivity (Wildman–Crippen MR) is 102 cm³/mol.